The van der Waals surface area contributed by atoms with Crippen molar-refractivity contribution in [2.24, 2.45) is 0 Å². The van der Waals surface area contributed by atoms with Crippen molar-refractivity contribution in [2.75, 3.05) is 37.8 Å². The van der Waals surface area contributed by atoms with Crippen LogP contribution in [0.4, 0.5) is 5.82 Å². The largest absolute Gasteiger partial charge is 0.366 e. The van der Waals surface area contributed by atoms with E-state index in [9.17, 15) is 13.2 Å². The molecule has 12 heteroatoms. The van der Waals surface area contributed by atoms with Crippen LogP contribution < -0.4 is 10.0 Å². The molecule has 1 amide bonds. The fourth-order valence-electron chi connectivity index (χ4n) is 4.95. The van der Waals surface area contributed by atoms with Crippen LogP contribution in [0.2, 0.25) is 10.0 Å². The van der Waals surface area contributed by atoms with E-state index in [1.165, 1.54) is 12.6 Å². The van der Waals surface area contributed by atoms with E-state index >= 15 is 0 Å². The van der Waals surface area contributed by atoms with Crippen LogP contribution >= 0.6 is 23.2 Å². The minimum Gasteiger partial charge on any atom is -0.366 e. The molecule has 2 aliphatic rings. The maximum atomic E-state index is 13.3. The molecule has 2 fully saturated rings. The van der Waals surface area contributed by atoms with Gasteiger partial charge in [-0.1, -0.05) is 29.3 Å². The molecule has 9 nitrogen and oxygen atoms in total. The molecule has 0 unspecified atom stereocenters. The molecule has 4 rings (SSSR count). The molecule has 1 aromatic carbocycles. The van der Waals surface area contributed by atoms with Crippen molar-refractivity contribution in [1.82, 2.24) is 24.5 Å². The highest BCUT2D eigenvalue weighted by atomic mass is 35.5. The van der Waals surface area contributed by atoms with Crippen molar-refractivity contribution in [1.29, 1.82) is 0 Å². The van der Waals surface area contributed by atoms with Crippen LogP contribution in [0.15, 0.2) is 24.5 Å². The zero-order valence-electron chi connectivity index (χ0n) is 20.5. The summed E-state index contributed by atoms with van der Waals surface area (Å²) in [6, 6.07) is 5.86. The Labute approximate surface area is 222 Å². The molecule has 1 aromatic heterocycles. The van der Waals surface area contributed by atoms with Gasteiger partial charge in [0.1, 0.15) is 17.8 Å². The standard InChI is InChI=1S/C24H32Cl2N6O3S/c1-16-22(28-15-29-23(16)27-14-17-3-4-20(25)21(26)13-17)24(33)32-11-7-19(8-12-32)31-9-5-18(6-10-31)30-36(2,34)35/h3-4,13,15,18-19,30H,5-12,14H2,1-2H3,(H,27,28,29). The van der Waals surface area contributed by atoms with Crippen molar-refractivity contribution in [3.63, 3.8) is 0 Å². The zero-order chi connectivity index (χ0) is 25.9. The maximum absolute atomic E-state index is 13.3. The number of carbonyl (C=O) groups excluding carboxylic acids is 1. The summed E-state index contributed by atoms with van der Waals surface area (Å²) >= 11 is 12.1. The number of rotatable bonds is 7. The normalized spacial score (nSPS) is 18.4. The number of likely N-dealkylation sites (tertiary alicyclic amines) is 2. The molecule has 0 spiro atoms. The Morgan fingerprint density at radius 3 is 2.39 bits per heavy atom. The summed E-state index contributed by atoms with van der Waals surface area (Å²) in [5.41, 5.74) is 2.08. The van der Waals surface area contributed by atoms with Crippen molar-refractivity contribution in [3.8, 4) is 0 Å². The van der Waals surface area contributed by atoms with Gasteiger partial charge in [-0.3, -0.25) is 4.79 Å². The second-order valence-corrected chi connectivity index (χ2v) is 12.1. The molecule has 0 aliphatic carbocycles. The van der Waals surface area contributed by atoms with E-state index in [0.717, 1.165) is 44.3 Å². The summed E-state index contributed by atoms with van der Waals surface area (Å²) in [4.78, 5) is 26.2. The predicted molar refractivity (Wildman–Crippen MR) is 142 cm³/mol. The lowest BCUT2D eigenvalue weighted by molar-refractivity contribution is 0.0570. The summed E-state index contributed by atoms with van der Waals surface area (Å²) in [7, 11) is -3.17. The molecule has 0 bridgehead atoms. The molecule has 196 valence electrons. The number of piperidine rings is 2. The average molecular weight is 556 g/mol. The van der Waals surface area contributed by atoms with Gasteiger partial charge in [0.25, 0.3) is 5.91 Å². The minimum atomic E-state index is -3.17. The Balaban J connectivity index is 1.31. The number of carbonyl (C=O) groups is 1. The van der Waals surface area contributed by atoms with E-state index in [-0.39, 0.29) is 11.9 Å². The average Bonchev–Trinajstić information content (AvgIpc) is 2.85. The van der Waals surface area contributed by atoms with E-state index in [1.807, 2.05) is 17.9 Å². The van der Waals surface area contributed by atoms with Crippen LogP contribution in [-0.4, -0.2) is 78.6 Å². The van der Waals surface area contributed by atoms with E-state index in [4.69, 9.17) is 23.2 Å². The van der Waals surface area contributed by atoms with Crippen LogP contribution in [0.5, 0.6) is 0 Å². The van der Waals surface area contributed by atoms with Crippen molar-refractivity contribution >= 4 is 45.0 Å². The van der Waals surface area contributed by atoms with E-state index in [1.54, 1.807) is 12.1 Å². The zero-order valence-corrected chi connectivity index (χ0v) is 22.8. The fourth-order valence-corrected chi connectivity index (χ4v) is 6.11. The molecular formula is C24H32Cl2N6O3S. The quantitative estimate of drug-likeness (QED) is 0.540. The maximum Gasteiger partial charge on any atom is 0.272 e. The third-order valence-electron chi connectivity index (χ3n) is 6.91. The third kappa shape index (κ3) is 6.86. The van der Waals surface area contributed by atoms with Gasteiger partial charge in [0.2, 0.25) is 10.0 Å². The smallest absolute Gasteiger partial charge is 0.272 e. The van der Waals surface area contributed by atoms with Gasteiger partial charge in [-0.05, 0) is 63.4 Å². The van der Waals surface area contributed by atoms with Gasteiger partial charge in [-0.2, -0.15) is 0 Å². The molecule has 0 radical (unpaired) electrons. The summed E-state index contributed by atoms with van der Waals surface area (Å²) in [5, 5.41) is 4.26. The molecule has 2 N–H and O–H groups in total. The first-order valence-electron chi connectivity index (χ1n) is 12.1. The lowest BCUT2D eigenvalue weighted by atomic mass is 9.98. The molecule has 2 aliphatic heterocycles. The van der Waals surface area contributed by atoms with Gasteiger partial charge in [0.15, 0.2) is 0 Å². The fraction of sp³-hybridized carbons (Fsp3) is 0.542. The van der Waals surface area contributed by atoms with Gasteiger partial charge < -0.3 is 15.1 Å². The Kier molecular flexibility index (Phi) is 8.72. The highest BCUT2D eigenvalue weighted by molar-refractivity contribution is 7.88. The van der Waals surface area contributed by atoms with Gasteiger partial charge in [0, 0.05) is 37.3 Å². The van der Waals surface area contributed by atoms with Crippen LogP contribution in [0.25, 0.3) is 0 Å². The number of anilines is 1. The first-order valence-corrected chi connectivity index (χ1v) is 14.8. The van der Waals surface area contributed by atoms with E-state index in [2.05, 4.69) is 24.9 Å². The Hall–Kier alpha value is -1.98. The molecule has 36 heavy (non-hydrogen) atoms. The van der Waals surface area contributed by atoms with E-state index in [0.29, 0.717) is 52.8 Å². The summed E-state index contributed by atoms with van der Waals surface area (Å²) in [6.45, 7) is 5.41. The highest BCUT2D eigenvalue weighted by Crippen LogP contribution is 2.25. The number of benzene rings is 1. The summed E-state index contributed by atoms with van der Waals surface area (Å²) < 4.78 is 25.7. The number of aromatic nitrogens is 2. The number of hydrogen-bond acceptors (Lipinski definition) is 7. The molecule has 2 aromatic rings. The van der Waals surface area contributed by atoms with Crippen LogP contribution in [0, 0.1) is 6.92 Å². The van der Waals surface area contributed by atoms with Crippen LogP contribution in [0.1, 0.15) is 47.3 Å². The Morgan fingerprint density at radius 1 is 1.06 bits per heavy atom. The van der Waals surface area contributed by atoms with Crippen molar-refractivity contribution in [3.05, 3.63) is 51.4 Å². The molecule has 0 saturated carbocycles. The Morgan fingerprint density at radius 2 is 1.75 bits per heavy atom. The highest BCUT2D eigenvalue weighted by Gasteiger charge is 2.31. The van der Waals surface area contributed by atoms with Gasteiger partial charge in [-0.25, -0.2) is 23.1 Å². The molecular weight excluding hydrogens is 523 g/mol. The number of nitrogens with one attached hydrogen (secondary N) is 2. The number of sulfonamides is 1. The monoisotopic (exact) mass is 554 g/mol. The topological polar surface area (TPSA) is 108 Å². The second kappa shape index (κ2) is 11.6. The minimum absolute atomic E-state index is 0.0122. The second-order valence-electron chi connectivity index (χ2n) is 9.52. The lowest BCUT2D eigenvalue weighted by Gasteiger charge is -2.41. The first-order chi connectivity index (χ1) is 17.1. The van der Waals surface area contributed by atoms with Gasteiger partial charge in [0.05, 0.1) is 16.3 Å². The molecule has 3 heterocycles. The van der Waals surface area contributed by atoms with Crippen molar-refractivity contribution in [2.45, 2.75) is 51.2 Å². The lowest BCUT2D eigenvalue weighted by Crippen LogP contribution is -2.51. The van der Waals surface area contributed by atoms with E-state index < -0.39 is 10.0 Å². The van der Waals surface area contributed by atoms with Gasteiger partial charge >= 0.3 is 0 Å². The number of nitrogens with zero attached hydrogens (tertiary/aromatic N) is 4. The molecule has 2 saturated heterocycles. The first kappa shape index (κ1) is 27.1. The predicted octanol–water partition coefficient (Wildman–Crippen LogP) is 3.32. The summed E-state index contributed by atoms with van der Waals surface area (Å²) in [6.07, 6.45) is 6.03. The summed E-state index contributed by atoms with van der Waals surface area (Å²) in [5.74, 6) is 0.530. The van der Waals surface area contributed by atoms with Crippen molar-refractivity contribution < 1.29 is 13.2 Å². The SMILES string of the molecule is Cc1c(NCc2ccc(Cl)c(Cl)c2)ncnc1C(=O)N1CCC(N2CCC(NS(C)(=O)=O)CC2)CC1. The third-order valence-corrected chi connectivity index (χ3v) is 8.41. The van der Waals surface area contributed by atoms with Crippen LogP contribution in [0.3, 0.4) is 0 Å². The number of amides is 1. The Bertz CT molecular complexity index is 1200. The number of hydrogen-bond donors (Lipinski definition) is 2. The number of halogens is 2. The van der Waals surface area contributed by atoms with Crippen LogP contribution in [-0.2, 0) is 16.6 Å². The molecule has 0 atom stereocenters. The van der Waals surface area contributed by atoms with Gasteiger partial charge in [-0.15, -0.1) is 0 Å².